The third kappa shape index (κ3) is 5.65. The molecular formula is C19H28ClN3O2. The lowest BCUT2D eigenvalue weighted by Crippen LogP contribution is -2.38. The van der Waals surface area contributed by atoms with Crippen LogP contribution >= 0.6 is 11.6 Å². The minimum absolute atomic E-state index is 0.144. The van der Waals surface area contributed by atoms with Crippen molar-refractivity contribution < 1.29 is 9.47 Å². The quantitative estimate of drug-likeness (QED) is 0.238. The van der Waals surface area contributed by atoms with Crippen LogP contribution in [0.3, 0.4) is 0 Å². The molecule has 1 unspecified atom stereocenters. The molecule has 0 spiro atoms. The molecule has 6 heteroatoms. The zero-order valence-electron chi connectivity index (χ0n) is 15.0. The van der Waals surface area contributed by atoms with Crippen molar-refractivity contribution in [3.05, 3.63) is 47.0 Å². The predicted octanol–water partition coefficient (Wildman–Crippen LogP) is 3.59. The highest BCUT2D eigenvalue weighted by atomic mass is 35.5. The van der Waals surface area contributed by atoms with Crippen molar-refractivity contribution in [3.8, 4) is 0 Å². The van der Waals surface area contributed by atoms with Crippen LogP contribution in [-0.2, 0) is 9.47 Å². The molecule has 0 bridgehead atoms. The van der Waals surface area contributed by atoms with E-state index in [1.54, 1.807) is 0 Å². The first-order chi connectivity index (χ1) is 12.0. The average molecular weight is 366 g/mol. The second kappa shape index (κ2) is 9.68. The van der Waals surface area contributed by atoms with Crippen LogP contribution in [0.1, 0.15) is 32.6 Å². The Hall–Kier alpha value is -1.72. The fourth-order valence-electron chi connectivity index (χ4n) is 3.19. The molecule has 0 aromatic carbocycles. The van der Waals surface area contributed by atoms with Gasteiger partial charge in [0.25, 0.3) is 0 Å². The molecule has 2 rings (SSSR count). The lowest BCUT2D eigenvalue weighted by Gasteiger charge is -2.35. The third-order valence-corrected chi connectivity index (χ3v) is 4.84. The van der Waals surface area contributed by atoms with E-state index in [2.05, 4.69) is 42.0 Å². The molecule has 0 saturated carbocycles. The van der Waals surface area contributed by atoms with Gasteiger partial charge in [-0.1, -0.05) is 42.0 Å². The van der Waals surface area contributed by atoms with E-state index in [4.69, 9.17) is 26.8 Å². The Labute approximate surface area is 155 Å². The minimum Gasteiger partial charge on any atom is -0.491 e. The van der Waals surface area contributed by atoms with E-state index in [1.165, 1.54) is 19.1 Å². The molecule has 0 aromatic heterocycles. The topological polar surface area (TPSA) is 68.9 Å². The van der Waals surface area contributed by atoms with Crippen LogP contribution in [0.15, 0.2) is 52.0 Å². The molecule has 3 atom stereocenters. The molecule has 2 aliphatic rings. The maximum Gasteiger partial charge on any atom is 0.178 e. The van der Waals surface area contributed by atoms with Crippen LogP contribution in [0.4, 0.5) is 0 Å². The van der Waals surface area contributed by atoms with Gasteiger partial charge in [0.2, 0.25) is 0 Å². The van der Waals surface area contributed by atoms with Gasteiger partial charge in [0.05, 0.1) is 31.4 Å². The van der Waals surface area contributed by atoms with Gasteiger partial charge in [0.15, 0.2) is 10.9 Å². The molecule has 1 aliphatic heterocycles. The Bertz CT molecular complexity index is 595. The molecule has 3 N–H and O–H groups in total. The molecule has 1 saturated heterocycles. The molecule has 0 aromatic rings. The third-order valence-electron chi connectivity index (χ3n) is 4.57. The number of nitrogens with one attached hydrogen (secondary N) is 1. The van der Waals surface area contributed by atoms with Gasteiger partial charge >= 0.3 is 0 Å². The monoisotopic (exact) mass is 365 g/mol. The van der Waals surface area contributed by atoms with Crippen molar-refractivity contribution >= 4 is 17.9 Å². The second-order valence-electron chi connectivity index (χ2n) is 6.40. The van der Waals surface area contributed by atoms with E-state index in [0.29, 0.717) is 23.9 Å². The first-order valence-corrected chi connectivity index (χ1v) is 9.04. The Morgan fingerprint density at radius 3 is 3.00 bits per heavy atom. The lowest BCUT2D eigenvalue weighted by molar-refractivity contribution is -0.0657. The summed E-state index contributed by atoms with van der Waals surface area (Å²) < 4.78 is 11.6. The van der Waals surface area contributed by atoms with Crippen LogP contribution in [0.25, 0.3) is 0 Å². The SMILES string of the molecule is C=C(NC[C@H]1CCC[C@@H](C2C=CC(C)=CC2)O1)/C(OC)=C(Cl)\N=C/N. The molecule has 5 nitrogen and oxygen atoms in total. The number of methoxy groups -OCH3 is 1. The van der Waals surface area contributed by atoms with Gasteiger partial charge in [0.1, 0.15) is 0 Å². The highest BCUT2D eigenvalue weighted by Crippen LogP contribution is 2.30. The summed E-state index contributed by atoms with van der Waals surface area (Å²) in [5.41, 5.74) is 7.16. The van der Waals surface area contributed by atoms with E-state index in [1.807, 2.05) is 0 Å². The summed E-state index contributed by atoms with van der Waals surface area (Å²) in [5.74, 6) is 0.851. The van der Waals surface area contributed by atoms with E-state index in [0.717, 1.165) is 25.6 Å². The largest absolute Gasteiger partial charge is 0.491 e. The Morgan fingerprint density at radius 1 is 1.56 bits per heavy atom. The van der Waals surface area contributed by atoms with Crippen molar-refractivity contribution in [2.24, 2.45) is 16.6 Å². The zero-order chi connectivity index (χ0) is 18.2. The number of ether oxygens (including phenoxy) is 2. The molecular weight excluding hydrogens is 338 g/mol. The lowest BCUT2D eigenvalue weighted by atomic mass is 9.87. The molecule has 1 aliphatic carbocycles. The number of hydrogen-bond acceptors (Lipinski definition) is 4. The van der Waals surface area contributed by atoms with Crippen LogP contribution in [0.5, 0.6) is 0 Å². The van der Waals surface area contributed by atoms with Gasteiger partial charge in [0, 0.05) is 12.5 Å². The number of allylic oxidation sites excluding steroid dienone is 3. The van der Waals surface area contributed by atoms with Gasteiger partial charge < -0.3 is 20.5 Å². The van der Waals surface area contributed by atoms with Crippen LogP contribution in [0.2, 0.25) is 0 Å². The summed E-state index contributed by atoms with van der Waals surface area (Å²) in [6.07, 6.45) is 12.7. The van der Waals surface area contributed by atoms with E-state index in [9.17, 15) is 0 Å². The van der Waals surface area contributed by atoms with E-state index < -0.39 is 0 Å². The standard InChI is InChI=1S/C19H28ClN3O2/c1-13-7-9-15(10-8-13)17-6-4-5-16(25-17)11-22-14(2)18(24-3)19(20)23-12-21/h7-9,12,15-17,22H,2,4-6,10-11H2,1,3H3,(H2,21,23)/b19-18+/t15?,16-,17+/m1/s1. The number of hydrogen-bond donors (Lipinski definition) is 2. The first kappa shape index (κ1) is 19.6. The summed E-state index contributed by atoms with van der Waals surface area (Å²) in [6.45, 7) is 6.75. The fraction of sp³-hybridized carbons (Fsp3) is 0.526. The Morgan fingerprint density at radius 2 is 2.36 bits per heavy atom. The second-order valence-corrected chi connectivity index (χ2v) is 6.75. The number of nitrogens with zero attached hydrogens (tertiary/aromatic N) is 1. The smallest absolute Gasteiger partial charge is 0.178 e. The predicted molar refractivity (Wildman–Crippen MR) is 103 cm³/mol. The van der Waals surface area contributed by atoms with Crippen molar-refractivity contribution in [1.29, 1.82) is 0 Å². The average Bonchev–Trinajstić information content (AvgIpc) is 2.62. The highest BCUT2D eigenvalue weighted by molar-refractivity contribution is 6.30. The highest BCUT2D eigenvalue weighted by Gasteiger charge is 2.28. The number of halogens is 1. The van der Waals surface area contributed by atoms with Crippen molar-refractivity contribution in [2.45, 2.75) is 44.8 Å². The summed E-state index contributed by atoms with van der Waals surface area (Å²) in [7, 11) is 1.52. The van der Waals surface area contributed by atoms with Gasteiger partial charge in [-0.3, -0.25) is 0 Å². The molecule has 1 heterocycles. The van der Waals surface area contributed by atoms with E-state index in [-0.39, 0.29) is 17.4 Å². The first-order valence-electron chi connectivity index (χ1n) is 8.66. The Kier molecular flexibility index (Phi) is 7.59. The molecule has 138 valence electrons. The molecule has 0 amide bonds. The van der Waals surface area contributed by atoms with Crippen LogP contribution in [-0.4, -0.2) is 32.2 Å². The number of nitrogens with two attached hydrogens (primary N) is 1. The van der Waals surface area contributed by atoms with Crippen molar-refractivity contribution in [3.63, 3.8) is 0 Å². The van der Waals surface area contributed by atoms with Crippen molar-refractivity contribution in [2.75, 3.05) is 13.7 Å². The fourth-order valence-corrected chi connectivity index (χ4v) is 3.44. The summed E-state index contributed by atoms with van der Waals surface area (Å²) >= 11 is 6.03. The molecule has 25 heavy (non-hydrogen) atoms. The van der Waals surface area contributed by atoms with E-state index >= 15 is 0 Å². The summed E-state index contributed by atoms with van der Waals surface area (Å²) in [6, 6.07) is 0. The molecule has 1 fully saturated rings. The van der Waals surface area contributed by atoms with Gasteiger partial charge in [-0.2, -0.15) is 0 Å². The normalized spacial score (nSPS) is 27.6. The summed E-state index contributed by atoms with van der Waals surface area (Å²) in [5, 5.41) is 3.41. The minimum atomic E-state index is 0.144. The number of rotatable bonds is 7. The van der Waals surface area contributed by atoms with Crippen LogP contribution < -0.4 is 11.1 Å². The molecule has 0 radical (unpaired) electrons. The number of aliphatic imine (C=N–C) groups is 1. The van der Waals surface area contributed by atoms with Gasteiger partial charge in [-0.05, 0) is 32.6 Å². The summed E-state index contributed by atoms with van der Waals surface area (Å²) in [4.78, 5) is 3.82. The van der Waals surface area contributed by atoms with Gasteiger partial charge in [-0.15, -0.1) is 0 Å². The van der Waals surface area contributed by atoms with Crippen LogP contribution in [0, 0.1) is 5.92 Å². The van der Waals surface area contributed by atoms with Crippen molar-refractivity contribution in [1.82, 2.24) is 5.32 Å². The van der Waals surface area contributed by atoms with Gasteiger partial charge in [-0.25, -0.2) is 4.99 Å². The maximum atomic E-state index is 6.31. The zero-order valence-corrected chi connectivity index (χ0v) is 15.8. The maximum absolute atomic E-state index is 6.31. The Balaban J connectivity index is 1.87.